The van der Waals surface area contributed by atoms with Gasteiger partial charge in [0.05, 0.1) is 0 Å². The number of aromatic nitrogens is 4. The third-order valence-electron chi connectivity index (χ3n) is 6.82. The fourth-order valence-electron chi connectivity index (χ4n) is 5.20. The summed E-state index contributed by atoms with van der Waals surface area (Å²) < 4.78 is 3.80. The Morgan fingerprint density at radius 2 is 1.50 bits per heavy atom. The molecule has 2 aromatic rings. The number of aryl methyl sites for hydroxylation is 1. The molecule has 2 saturated carbocycles. The summed E-state index contributed by atoms with van der Waals surface area (Å²) >= 11 is 6.35. The minimum absolute atomic E-state index is 0.00842. The normalized spacial score (nSPS) is 18.8. The summed E-state index contributed by atoms with van der Waals surface area (Å²) in [6.07, 6.45) is 11.2. The van der Waals surface area contributed by atoms with Gasteiger partial charge in [-0.15, -0.1) is 0 Å². The monoisotopic (exact) mass is 435 g/mol. The van der Waals surface area contributed by atoms with Crippen molar-refractivity contribution in [1.29, 1.82) is 0 Å². The molecule has 0 bridgehead atoms. The third kappa shape index (κ3) is 3.70. The summed E-state index contributed by atoms with van der Waals surface area (Å²) in [4.78, 5) is 44.9. The molecule has 0 aliphatic heterocycles. The number of hydrogen-bond donors (Lipinski definition) is 0. The van der Waals surface area contributed by atoms with Crippen molar-refractivity contribution in [2.75, 3.05) is 0 Å². The predicted molar refractivity (Wildman–Crippen MR) is 116 cm³/mol. The lowest BCUT2D eigenvalue weighted by molar-refractivity contribution is -0.138. The van der Waals surface area contributed by atoms with E-state index in [1.54, 1.807) is 7.05 Å². The standard InChI is InChI=1S/C21H30ClN5O3/c1-24-18-17(19(29)25(2)21(24)30)26(20(22)23-18)13-16(28)27(14-9-5-3-6-10-14)15-11-7-4-8-12-15/h14-15H,3-13H2,1-2H3. The van der Waals surface area contributed by atoms with Gasteiger partial charge in [0.2, 0.25) is 11.2 Å². The van der Waals surface area contributed by atoms with Crippen LogP contribution in [0.4, 0.5) is 0 Å². The molecule has 0 spiro atoms. The maximum absolute atomic E-state index is 13.6. The minimum Gasteiger partial charge on any atom is -0.335 e. The van der Waals surface area contributed by atoms with Crippen LogP contribution in [0.15, 0.2) is 9.59 Å². The molecule has 1 amide bonds. The van der Waals surface area contributed by atoms with E-state index in [1.807, 2.05) is 0 Å². The lowest BCUT2D eigenvalue weighted by Crippen LogP contribution is -2.50. The van der Waals surface area contributed by atoms with Crippen LogP contribution in [-0.2, 0) is 25.4 Å². The predicted octanol–water partition coefficient (Wildman–Crippen LogP) is 2.58. The lowest BCUT2D eigenvalue weighted by Gasteiger charge is -2.42. The summed E-state index contributed by atoms with van der Waals surface area (Å²) in [5.74, 6) is -0.00842. The average molecular weight is 436 g/mol. The molecule has 4 rings (SSSR count). The number of halogens is 1. The van der Waals surface area contributed by atoms with Crippen molar-refractivity contribution in [3.05, 3.63) is 26.1 Å². The number of rotatable bonds is 4. The van der Waals surface area contributed by atoms with E-state index >= 15 is 0 Å². The fourth-order valence-corrected chi connectivity index (χ4v) is 5.43. The summed E-state index contributed by atoms with van der Waals surface area (Å²) in [5, 5.41) is 0.0592. The Bertz CT molecular complexity index is 1040. The number of hydrogen-bond acceptors (Lipinski definition) is 4. The van der Waals surface area contributed by atoms with Crippen LogP contribution in [0.25, 0.3) is 11.2 Å². The van der Waals surface area contributed by atoms with Gasteiger partial charge >= 0.3 is 5.69 Å². The molecular weight excluding hydrogens is 406 g/mol. The van der Waals surface area contributed by atoms with Crippen molar-refractivity contribution in [1.82, 2.24) is 23.6 Å². The zero-order chi connectivity index (χ0) is 21.4. The van der Waals surface area contributed by atoms with E-state index < -0.39 is 11.2 Å². The molecule has 9 heteroatoms. The van der Waals surface area contributed by atoms with E-state index in [0.717, 1.165) is 55.9 Å². The first kappa shape index (κ1) is 21.2. The van der Waals surface area contributed by atoms with Gasteiger partial charge in [-0.25, -0.2) is 4.79 Å². The largest absolute Gasteiger partial charge is 0.335 e. The van der Waals surface area contributed by atoms with Gasteiger partial charge in [0, 0.05) is 26.2 Å². The highest BCUT2D eigenvalue weighted by atomic mass is 35.5. The third-order valence-corrected chi connectivity index (χ3v) is 7.11. The van der Waals surface area contributed by atoms with E-state index in [9.17, 15) is 14.4 Å². The van der Waals surface area contributed by atoms with Crippen LogP contribution in [0.5, 0.6) is 0 Å². The molecule has 164 valence electrons. The number of imidazole rings is 1. The van der Waals surface area contributed by atoms with Crippen LogP contribution in [0.1, 0.15) is 64.2 Å². The van der Waals surface area contributed by atoms with Crippen molar-refractivity contribution in [3.8, 4) is 0 Å². The Kier molecular flexibility index (Phi) is 6.04. The summed E-state index contributed by atoms with van der Waals surface area (Å²) in [5.41, 5.74) is -0.540. The summed E-state index contributed by atoms with van der Waals surface area (Å²) in [6.45, 7) is -0.0320. The zero-order valence-corrected chi connectivity index (χ0v) is 18.5. The number of amides is 1. The molecule has 8 nitrogen and oxygen atoms in total. The molecule has 2 fully saturated rings. The molecule has 30 heavy (non-hydrogen) atoms. The van der Waals surface area contributed by atoms with Crippen molar-refractivity contribution in [2.24, 2.45) is 14.1 Å². The van der Waals surface area contributed by atoms with Crippen molar-refractivity contribution < 1.29 is 4.79 Å². The van der Waals surface area contributed by atoms with Gasteiger partial charge in [-0.05, 0) is 37.3 Å². The topological polar surface area (TPSA) is 82.1 Å². The highest BCUT2D eigenvalue weighted by Crippen LogP contribution is 2.31. The number of nitrogens with zero attached hydrogens (tertiary/aromatic N) is 5. The Morgan fingerprint density at radius 1 is 0.967 bits per heavy atom. The number of fused-ring (bicyclic) bond motifs is 1. The first-order chi connectivity index (χ1) is 14.4. The van der Waals surface area contributed by atoms with E-state index in [-0.39, 0.29) is 41.0 Å². The maximum Gasteiger partial charge on any atom is 0.332 e. The quantitative estimate of drug-likeness (QED) is 0.691. The van der Waals surface area contributed by atoms with Gasteiger partial charge in [0.15, 0.2) is 11.2 Å². The van der Waals surface area contributed by atoms with Crippen LogP contribution in [0.2, 0.25) is 5.28 Å². The average Bonchev–Trinajstić information content (AvgIpc) is 3.08. The van der Waals surface area contributed by atoms with E-state index in [4.69, 9.17) is 11.6 Å². The molecule has 0 saturated heterocycles. The SMILES string of the molecule is Cn1c(=O)c2c(nc(Cl)n2CC(=O)N(C2CCCCC2)C2CCCCC2)n(C)c1=O. The van der Waals surface area contributed by atoms with Gasteiger partial charge in [0.25, 0.3) is 5.56 Å². The molecular formula is C21H30ClN5O3. The van der Waals surface area contributed by atoms with Gasteiger partial charge in [-0.1, -0.05) is 38.5 Å². The minimum atomic E-state index is -0.484. The smallest absolute Gasteiger partial charge is 0.332 e. The molecule has 2 aliphatic rings. The van der Waals surface area contributed by atoms with E-state index in [1.165, 1.54) is 29.0 Å². The lowest BCUT2D eigenvalue weighted by atomic mass is 9.88. The zero-order valence-electron chi connectivity index (χ0n) is 17.8. The maximum atomic E-state index is 13.6. The Morgan fingerprint density at radius 3 is 2.03 bits per heavy atom. The Balaban J connectivity index is 1.72. The molecule has 0 aromatic carbocycles. The van der Waals surface area contributed by atoms with Gasteiger partial charge in [0.1, 0.15) is 6.54 Å². The van der Waals surface area contributed by atoms with Gasteiger partial charge < -0.3 is 4.90 Å². The molecule has 0 atom stereocenters. The van der Waals surface area contributed by atoms with Gasteiger partial charge in [-0.2, -0.15) is 4.98 Å². The fraction of sp³-hybridized carbons (Fsp3) is 0.714. The van der Waals surface area contributed by atoms with Crippen molar-refractivity contribution in [3.63, 3.8) is 0 Å². The van der Waals surface area contributed by atoms with Crippen LogP contribution >= 0.6 is 11.6 Å². The molecule has 0 N–H and O–H groups in total. The van der Waals surface area contributed by atoms with E-state index in [2.05, 4.69) is 9.88 Å². The first-order valence-corrected chi connectivity index (χ1v) is 11.4. The molecule has 0 radical (unpaired) electrons. The molecule has 2 aromatic heterocycles. The number of carbonyl (C=O) groups is 1. The molecule has 2 heterocycles. The Hall–Kier alpha value is -2.09. The van der Waals surface area contributed by atoms with Crippen molar-refractivity contribution in [2.45, 2.75) is 82.8 Å². The molecule has 0 unspecified atom stereocenters. The second-order valence-electron chi connectivity index (χ2n) is 8.73. The van der Waals surface area contributed by atoms with Crippen LogP contribution < -0.4 is 11.2 Å². The van der Waals surface area contributed by atoms with Crippen LogP contribution in [0, 0.1) is 0 Å². The molecule has 2 aliphatic carbocycles. The van der Waals surface area contributed by atoms with Gasteiger partial charge in [-0.3, -0.25) is 23.3 Å². The van der Waals surface area contributed by atoms with Crippen LogP contribution in [0.3, 0.4) is 0 Å². The summed E-state index contributed by atoms with van der Waals surface area (Å²) in [7, 11) is 2.98. The van der Waals surface area contributed by atoms with Crippen molar-refractivity contribution >= 4 is 28.7 Å². The summed E-state index contributed by atoms with van der Waals surface area (Å²) in [6, 6.07) is 0.519. The highest BCUT2D eigenvalue weighted by molar-refractivity contribution is 6.29. The van der Waals surface area contributed by atoms with Crippen LogP contribution in [-0.4, -0.2) is 41.6 Å². The highest BCUT2D eigenvalue weighted by Gasteiger charge is 2.33. The van der Waals surface area contributed by atoms with E-state index in [0.29, 0.717) is 0 Å². The first-order valence-electron chi connectivity index (χ1n) is 11.0. The number of carbonyl (C=O) groups excluding carboxylic acids is 1. The second-order valence-corrected chi connectivity index (χ2v) is 9.07. The Labute approximate surface area is 180 Å². The second kappa shape index (κ2) is 8.57.